The molecule has 0 saturated carbocycles. The molecule has 0 radical (unpaired) electrons. The molecule has 0 unspecified atom stereocenters. The quantitative estimate of drug-likeness (QED) is 0.586. The summed E-state index contributed by atoms with van der Waals surface area (Å²) in [6, 6.07) is 11.7. The zero-order valence-electron chi connectivity index (χ0n) is 10.5. The van der Waals surface area contributed by atoms with Gasteiger partial charge in [-0.3, -0.25) is 4.98 Å². The van der Waals surface area contributed by atoms with Crippen molar-refractivity contribution < 1.29 is 15.1 Å². The van der Waals surface area contributed by atoms with Gasteiger partial charge in [0.1, 0.15) is 5.69 Å². The molecule has 0 amide bonds. The molecule has 0 saturated heterocycles. The predicted octanol–water partition coefficient (Wildman–Crippen LogP) is 2.40. The molecule has 4 N–H and O–H groups in total. The lowest BCUT2D eigenvalue weighted by Crippen LogP contribution is -1.97. The molecule has 2 aromatic rings. The van der Waals surface area contributed by atoms with Crippen LogP contribution in [0.15, 0.2) is 59.1 Å². The van der Waals surface area contributed by atoms with Crippen LogP contribution in [-0.2, 0) is 6.54 Å². The summed E-state index contributed by atoms with van der Waals surface area (Å²) in [6.45, 7) is 0.529. The Morgan fingerprint density at radius 2 is 1.90 bits per heavy atom. The molecule has 0 atom stereocenters. The van der Waals surface area contributed by atoms with E-state index in [1.807, 2.05) is 18.2 Å². The number of carbonyl (C=O) groups is 1. The van der Waals surface area contributed by atoms with Crippen molar-refractivity contribution in [3.05, 3.63) is 59.9 Å². The average Bonchev–Trinajstić information content (AvgIpc) is 2.49. The fourth-order valence-electron chi connectivity index (χ4n) is 1.31. The van der Waals surface area contributed by atoms with E-state index in [1.165, 1.54) is 12.1 Å². The Labute approximate surface area is 115 Å². The van der Waals surface area contributed by atoms with E-state index in [9.17, 15) is 4.79 Å². The van der Waals surface area contributed by atoms with Gasteiger partial charge in [-0.05, 0) is 24.3 Å². The summed E-state index contributed by atoms with van der Waals surface area (Å²) in [5.41, 5.74) is 6.37. The summed E-state index contributed by atoms with van der Waals surface area (Å²) in [5, 5.41) is 22.4. The normalized spacial score (nSPS) is 9.85. The van der Waals surface area contributed by atoms with E-state index < -0.39 is 5.97 Å². The number of pyridine rings is 1. The molecule has 2 rings (SSSR count). The largest absolute Gasteiger partial charge is 0.478 e. The number of carboxylic acids is 1. The Morgan fingerprint density at radius 3 is 2.40 bits per heavy atom. The van der Waals surface area contributed by atoms with E-state index in [0.717, 1.165) is 5.69 Å². The smallest absolute Gasteiger partial charge is 0.337 e. The van der Waals surface area contributed by atoms with Crippen molar-refractivity contribution in [3.8, 4) is 0 Å². The minimum atomic E-state index is -1.10. The minimum Gasteiger partial charge on any atom is -0.478 e. The van der Waals surface area contributed by atoms with Crippen molar-refractivity contribution in [3.63, 3.8) is 0 Å². The molecular formula is C13H14N4O3. The third-order valence-electron chi connectivity index (χ3n) is 2.22. The SMILES string of the molecule is NCc1ccccn1.O=C(O)c1ccccc1N=NO. The second-order valence-corrected chi connectivity index (χ2v) is 3.54. The molecule has 0 aliphatic carbocycles. The minimum absolute atomic E-state index is 0.00954. The van der Waals surface area contributed by atoms with Crippen LogP contribution < -0.4 is 5.73 Å². The first-order chi connectivity index (χ1) is 9.69. The van der Waals surface area contributed by atoms with Crippen LogP contribution in [0.3, 0.4) is 0 Å². The van der Waals surface area contributed by atoms with Crippen molar-refractivity contribution >= 4 is 11.7 Å². The van der Waals surface area contributed by atoms with E-state index in [2.05, 4.69) is 15.4 Å². The molecular weight excluding hydrogens is 260 g/mol. The van der Waals surface area contributed by atoms with E-state index in [-0.39, 0.29) is 11.3 Å². The van der Waals surface area contributed by atoms with Gasteiger partial charge in [-0.15, -0.1) is 5.11 Å². The summed E-state index contributed by atoms with van der Waals surface area (Å²) in [4.78, 5) is 14.5. The van der Waals surface area contributed by atoms with E-state index >= 15 is 0 Å². The predicted molar refractivity (Wildman–Crippen MR) is 71.8 cm³/mol. The van der Waals surface area contributed by atoms with Gasteiger partial charge in [0.05, 0.1) is 11.3 Å². The van der Waals surface area contributed by atoms with Crippen molar-refractivity contribution in [2.24, 2.45) is 16.1 Å². The van der Waals surface area contributed by atoms with Gasteiger partial charge in [-0.1, -0.05) is 18.2 Å². The third-order valence-corrected chi connectivity index (χ3v) is 2.22. The lowest BCUT2D eigenvalue weighted by molar-refractivity contribution is 0.0697. The first-order valence-corrected chi connectivity index (χ1v) is 5.66. The Hall–Kier alpha value is -2.80. The second kappa shape index (κ2) is 8.33. The van der Waals surface area contributed by atoms with E-state index in [0.29, 0.717) is 6.54 Å². The Balaban J connectivity index is 0.000000217. The van der Waals surface area contributed by atoms with Gasteiger partial charge in [0.2, 0.25) is 0 Å². The zero-order chi connectivity index (χ0) is 14.8. The van der Waals surface area contributed by atoms with Crippen LogP contribution in [0.25, 0.3) is 0 Å². The number of hydrogen-bond acceptors (Lipinski definition) is 5. The van der Waals surface area contributed by atoms with Crippen LogP contribution in [-0.4, -0.2) is 21.3 Å². The number of nitrogens with two attached hydrogens (primary N) is 1. The molecule has 0 bridgehead atoms. The van der Waals surface area contributed by atoms with Crippen LogP contribution >= 0.6 is 0 Å². The standard InChI is InChI=1S/C7H6N2O3.C6H8N2/c10-7(11)5-3-1-2-4-6(5)8-9-12;7-5-6-3-1-2-4-8-6/h1-4H,(H,8,12)(H,10,11);1-4H,5,7H2. The number of carboxylic acid groups (broad SMARTS) is 1. The number of rotatable bonds is 3. The molecule has 7 heteroatoms. The lowest BCUT2D eigenvalue weighted by Gasteiger charge is -1.95. The van der Waals surface area contributed by atoms with Gasteiger partial charge in [-0.2, -0.15) is 0 Å². The van der Waals surface area contributed by atoms with Crippen LogP contribution in [0.5, 0.6) is 0 Å². The summed E-state index contributed by atoms with van der Waals surface area (Å²) in [5.74, 6) is -1.10. The molecule has 20 heavy (non-hydrogen) atoms. The van der Waals surface area contributed by atoms with Crippen molar-refractivity contribution in [1.29, 1.82) is 0 Å². The van der Waals surface area contributed by atoms with Crippen molar-refractivity contribution in [2.75, 3.05) is 0 Å². The average molecular weight is 274 g/mol. The van der Waals surface area contributed by atoms with Crippen molar-refractivity contribution in [1.82, 2.24) is 4.98 Å². The Kier molecular flexibility index (Phi) is 6.35. The molecule has 0 aliphatic rings. The highest BCUT2D eigenvalue weighted by Gasteiger charge is 2.07. The van der Waals surface area contributed by atoms with Gasteiger partial charge >= 0.3 is 5.97 Å². The number of aromatic nitrogens is 1. The van der Waals surface area contributed by atoms with Gasteiger partial charge in [0.15, 0.2) is 0 Å². The zero-order valence-corrected chi connectivity index (χ0v) is 10.5. The van der Waals surface area contributed by atoms with Gasteiger partial charge in [0, 0.05) is 18.0 Å². The van der Waals surface area contributed by atoms with Crippen LogP contribution in [0.1, 0.15) is 16.1 Å². The molecule has 0 spiro atoms. The van der Waals surface area contributed by atoms with Gasteiger partial charge in [0.25, 0.3) is 0 Å². The van der Waals surface area contributed by atoms with E-state index in [1.54, 1.807) is 18.3 Å². The lowest BCUT2D eigenvalue weighted by atomic mass is 10.2. The molecule has 1 aromatic heterocycles. The maximum Gasteiger partial charge on any atom is 0.337 e. The number of hydrogen-bond donors (Lipinski definition) is 3. The van der Waals surface area contributed by atoms with Crippen LogP contribution in [0, 0.1) is 0 Å². The highest BCUT2D eigenvalue weighted by molar-refractivity contribution is 5.93. The number of aromatic carboxylic acids is 1. The molecule has 1 heterocycles. The molecule has 104 valence electrons. The molecule has 0 fully saturated rings. The Bertz CT molecular complexity index is 573. The fraction of sp³-hybridized carbons (Fsp3) is 0.0769. The first-order valence-electron chi connectivity index (χ1n) is 5.66. The third kappa shape index (κ3) is 4.83. The molecule has 1 aromatic carbocycles. The molecule has 0 aliphatic heterocycles. The van der Waals surface area contributed by atoms with Gasteiger partial charge in [-0.25, -0.2) is 4.79 Å². The highest BCUT2D eigenvalue weighted by atomic mass is 16.5. The van der Waals surface area contributed by atoms with Crippen molar-refractivity contribution in [2.45, 2.75) is 6.54 Å². The van der Waals surface area contributed by atoms with Gasteiger partial charge < -0.3 is 16.0 Å². The maximum absolute atomic E-state index is 10.5. The summed E-state index contributed by atoms with van der Waals surface area (Å²) < 4.78 is 0. The Morgan fingerprint density at radius 1 is 1.20 bits per heavy atom. The van der Waals surface area contributed by atoms with Crippen LogP contribution in [0.4, 0.5) is 5.69 Å². The summed E-state index contributed by atoms with van der Waals surface area (Å²) in [7, 11) is 0. The summed E-state index contributed by atoms with van der Waals surface area (Å²) in [6.07, 6.45) is 1.74. The fourth-order valence-corrected chi connectivity index (χ4v) is 1.31. The maximum atomic E-state index is 10.5. The highest BCUT2D eigenvalue weighted by Crippen LogP contribution is 2.18. The second-order valence-electron chi connectivity index (χ2n) is 3.54. The number of benzene rings is 1. The monoisotopic (exact) mass is 274 g/mol. The van der Waals surface area contributed by atoms with E-state index in [4.69, 9.17) is 16.0 Å². The topological polar surface area (TPSA) is 121 Å². The molecule has 7 nitrogen and oxygen atoms in total. The first kappa shape index (κ1) is 15.3. The van der Waals surface area contributed by atoms with Crippen LogP contribution in [0.2, 0.25) is 0 Å². The summed E-state index contributed by atoms with van der Waals surface area (Å²) >= 11 is 0. The number of nitrogens with zero attached hydrogens (tertiary/aromatic N) is 3.